The molecule has 0 aromatic heterocycles. The summed E-state index contributed by atoms with van der Waals surface area (Å²) in [5.41, 5.74) is -6.48. The van der Waals surface area contributed by atoms with Crippen LogP contribution in [0.4, 0.5) is 0 Å². The smallest absolute Gasteiger partial charge is 0.133 e. The van der Waals surface area contributed by atoms with E-state index in [0.717, 1.165) is 0 Å². The van der Waals surface area contributed by atoms with E-state index in [4.69, 9.17) is 4.74 Å². The van der Waals surface area contributed by atoms with Gasteiger partial charge < -0.3 is 35.4 Å². The van der Waals surface area contributed by atoms with Crippen molar-refractivity contribution >= 4 is 0 Å². The molecule has 2 aromatic rings. The molecule has 0 fully saturated rings. The van der Waals surface area contributed by atoms with Crippen molar-refractivity contribution in [3.05, 3.63) is 57.6 Å². The molecule has 208 valence electrons. The summed E-state index contributed by atoms with van der Waals surface area (Å²) in [6, 6.07) is 6.50. The predicted molar refractivity (Wildman–Crippen MR) is 144 cm³/mol. The number of rotatable bonds is 8. The Morgan fingerprint density at radius 2 is 0.622 bits per heavy atom. The fourth-order valence-electron chi connectivity index (χ4n) is 4.96. The largest absolute Gasteiger partial charge is 0.457 e. The number of hydrogen-bond acceptors (Lipinski definition) is 7. The van der Waals surface area contributed by atoms with Crippen LogP contribution in [0.1, 0.15) is 116 Å². The van der Waals surface area contributed by atoms with Crippen molar-refractivity contribution in [3.8, 4) is 11.5 Å². The van der Waals surface area contributed by atoms with Crippen molar-refractivity contribution in [1.29, 1.82) is 0 Å². The zero-order chi connectivity index (χ0) is 29.2. The lowest BCUT2D eigenvalue weighted by Crippen LogP contribution is -2.33. The SMILES string of the molecule is CC(C)(O)c1ccc(Oc2ccc(C(C)(C)O)c(C(C)(C)O)c2C(C)(C)O)c(C(C)(C)O)c1C(C)(C)O. The summed E-state index contributed by atoms with van der Waals surface area (Å²) in [5, 5.41) is 66.5. The second kappa shape index (κ2) is 9.33. The fraction of sp³-hybridized carbons (Fsp3) is 0.600. The molecule has 7 heteroatoms. The minimum atomic E-state index is -1.49. The van der Waals surface area contributed by atoms with Crippen LogP contribution >= 0.6 is 0 Å². The molecule has 37 heavy (non-hydrogen) atoms. The maximum absolute atomic E-state index is 11.3. The summed E-state index contributed by atoms with van der Waals surface area (Å²) in [5.74, 6) is 0.418. The quantitative estimate of drug-likeness (QED) is 0.295. The van der Waals surface area contributed by atoms with Gasteiger partial charge in [0.05, 0.1) is 33.6 Å². The Morgan fingerprint density at radius 3 is 0.811 bits per heavy atom. The van der Waals surface area contributed by atoms with Gasteiger partial charge in [0, 0.05) is 11.1 Å². The molecule has 2 rings (SSSR count). The molecule has 7 nitrogen and oxygen atoms in total. The molecule has 0 aliphatic heterocycles. The van der Waals surface area contributed by atoms with Crippen molar-refractivity contribution in [3.63, 3.8) is 0 Å². The standard InChI is InChI=1S/C30H46O7/c1-25(2,31)17-13-15-19(23(29(9,10)35)21(17)27(5,6)33)37-20-16-14-18(26(3,4)32)22(28(7,8)34)24(20)30(11,12)36/h13-16,31-36H,1-12H3. The zero-order valence-corrected chi connectivity index (χ0v) is 24.4. The highest BCUT2D eigenvalue weighted by atomic mass is 16.5. The molecular weight excluding hydrogens is 472 g/mol. The molecule has 2 aromatic carbocycles. The van der Waals surface area contributed by atoms with Crippen LogP contribution in [0.25, 0.3) is 0 Å². The number of aliphatic hydroxyl groups is 6. The van der Waals surface area contributed by atoms with E-state index in [1.165, 1.54) is 0 Å². The lowest BCUT2D eigenvalue weighted by molar-refractivity contribution is 0.0353. The second-order valence-corrected chi connectivity index (χ2v) is 13.2. The van der Waals surface area contributed by atoms with Crippen molar-refractivity contribution in [1.82, 2.24) is 0 Å². The molecule has 0 saturated heterocycles. The minimum Gasteiger partial charge on any atom is -0.457 e. The van der Waals surface area contributed by atoms with Gasteiger partial charge in [0.15, 0.2) is 0 Å². The topological polar surface area (TPSA) is 131 Å². The summed E-state index contributed by atoms with van der Waals surface area (Å²) >= 11 is 0. The van der Waals surface area contributed by atoms with Crippen LogP contribution in [0.3, 0.4) is 0 Å². The second-order valence-electron chi connectivity index (χ2n) is 13.2. The van der Waals surface area contributed by atoms with Crippen LogP contribution in [-0.4, -0.2) is 30.6 Å². The van der Waals surface area contributed by atoms with Gasteiger partial charge in [-0.2, -0.15) is 0 Å². The summed E-state index contributed by atoms with van der Waals surface area (Å²) in [6.07, 6.45) is 0. The number of ether oxygens (including phenoxy) is 1. The maximum atomic E-state index is 11.3. The molecule has 0 amide bonds. The van der Waals surface area contributed by atoms with Crippen LogP contribution in [0.2, 0.25) is 0 Å². The maximum Gasteiger partial charge on any atom is 0.133 e. The molecule has 0 aliphatic rings. The van der Waals surface area contributed by atoms with Gasteiger partial charge in [-0.05, 0) is 117 Å². The molecule has 0 radical (unpaired) electrons. The van der Waals surface area contributed by atoms with E-state index in [1.807, 2.05) is 0 Å². The Balaban J connectivity index is 3.05. The first-order valence-electron chi connectivity index (χ1n) is 12.6. The fourth-order valence-corrected chi connectivity index (χ4v) is 4.96. The summed E-state index contributed by atoms with van der Waals surface area (Å²) in [4.78, 5) is 0. The van der Waals surface area contributed by atoms with Crippen LogP contribution in [-0.2, 0) is 33.6 Å². The van der Waals surface area contributed by atoms with Crippen LogP contribution in [0, 0.1) is 0 Å². The molecule has 0 saturated carbocycles. The van der Waals surface area contributed by atoms with E-state index < -0.39 is 33.6 Å². The zero-order valence-electron chi connectivity index (χ0n) is 24.4. The van der Waals surface area contributed by atoms with Gasteiger partial charge >= 0.3 is 0 Å². The first kappa shape index (κ1) is 31.2. The summed E-state index contributed by atoms with van der Waals surface area (Å²) in [7, 11) is 0. The Hall–Kier alpha value is -2.00. The van der Waals surface area contributed by atoms with E-state index in [-0.39, 0.29) is 22.6 Å². The summed E-state index contributed by atoms with van der Waals surface area (Å²) in [6.45, 7) is 19.0. The van der Waals surface area contributed by atoms with Crippen LogP contribution in [0.5, 0.6) is 11.5 Å². The number of hydrogen-bond donors (Lipinski definition) is 6. The van der Waals surface area contributed by atoms with Gasteiger partial charge in [0.2, 0.25) is 0 Å². The molecule has 0 aliphatic carbocycles. The predicted octanol–water partition coefficient (Wildman–Crippen LogP) is 4.84. The normalized spacial score (nSPS) is 14.2. The molecule has 0 unspecified atom stereocenters. The lowest BCUT2D eigenvalue weighted by Gasteiger charge is -2.37. The lowest BCUT2D eigenvalue weighted by atomic mass is 9.77. The first-order chi connectivity index (χ1) is 16.2. The summed E-state index contributed by atoms with van der Waals surface area (Å²) < 4.78 is 6.40. The van der Waals surface area contributed by atoms with E-state index in [9.17, 15) is 30.6 Å². The highest BCUT2D eigenvalue weighted by Crippen LogP contribution is 2.48. The Morgan fingerprint density at radius 1 is 0.378 bits per heavy atom. The molecular formula is C30H46O7. The average molecular weight is 519 g/mol. The Labute approximate surface area is 221 Å². The highest BCUT2D eigenvalue weighted by Gasteiger charge is 2.40. The van der Waals surface area contributed by atoms with Gasteiger partial charge in [-0.25, -0.2) is 0 Å². The molecule has 0 heterocycles. The third kappa shape index (κ3) is 6.72. The minimum absolute atomic E-state index is 0.209. The molecule has 6 N–H and O–H groups in total. The van der Waals surface area contributed by atoms with Gasteiger partial charge in [-0.3, -0.25) is 0 Å². The Bertz CT molecular complexity index is 1050. The molecule has 0 spiro atoms. The van der Waals surface area contributed by atoms with Crippen molar-refractivity contribution in [2.75, 3.05) is 0 Å². The van der Waals surface area contributed by atoms with E-state index >= 15 is 0 Å². The number of benzene rings is 2. The van der Waals surface area contributed by atoms with Crippen molar-refractivity contribution in [2.24, 2.45) is 0 Å². The third-order valence-corrected chi connectivity index (χ3v) is 6.32. The van der Waals surface area contributed by atoms with Gasteiger partial charge in [0.25, 0.3) is 0 Å². The van der Waals surface area contributed by atoms with Crippen molar-refractivity contribution in [2.45, 2.75) is 117 Å². The van der Waals surface area contributed by atoms with Crippen LogP contribution in [0.15, 0.2) is 24.3 Å². The highest BCUT2D eigenvalue weighted by molar-refractivity contribution is 5.57. The van der Waals surface area contributed by atoms with Crippen LogP contribution < -0.4 is 4.74 Å². The van der Waals surface area contributed by atoms with Gasteiger partial charge in [-0.1, -0.05) is 12.1 Å². The van der Waals surface area contributed by atoms with E-state index in [0.29, 0.717) is 22.3 Å². The van der Waals surface area contributed by atoms with E-state index in [2.05, 4.69) is 0 Å². The first-order valence-corrected chi connectivity index (χ1v) is 12.6. The van der Waals surface area contributed by atoms with Gasteiger partial charge in [-0.15, -0.1) is 0 Å². The van der Waals surface area contributed by atoms with Gasteiger partial charge in [0.1, 0.15) is 11.5 Å². The Kier molecular flexibility index (Phi) is 7.87. The average Bonchev–Trinajstić information content (AvgIpc) is 2.62. The third-order valence-electron chi connectivity index (χ3n) is 6.32. The monoisotopic (exact) mass is 518 g/mol. The van der Waals surface area contributed by atoms with Crippen molar-refractivity contribution < 1.29 is 35.4 Å². The molecule has 0 bridgehead atoms. The molecule has 0 atom stereocenters. The van der Waals surface area contributed by atoms with E-state index in [1.54, 1.807) is 107 Å².